The summed E-state index contributed by atoms with van der Waals surface area (Å²) in [7, 11) is -2.17. The number of ether oxygens (including phenoxy) is 1. The fourth-order valence-electron chi connectivity index (χ4n) is 3.98. The zero-order valence-corrected chi connectivity index (χ0v) is 19.8. The number of H-pyrrole nitrogens is 1. The number of aromatic nitrogens is 4. The van der Waals surface area contributed by atoms with Gasteiger partial charge in [0.15, 0.2) is 5.52 Å². The summed E-state index contributed by atoms with van der Waals surface area (Å²) in [5.74, 6) is 0.567. The van der Waals surface area contributed by atoms with Crippen LogP contribution in [0.2, 0.25) is 0 Å². The Labute approximate surface area is 197 Å². The van der Waals surface area contributed by atoms with Crippen LogP contribution in [0.25, 0.3) is 22.4 Å². The first-order valence-electron chi connectivity index (χ1n) is 12.5. The number of benzene rings is 1. The van der Waals surface area contributed by atoms with Crippen molar-refractivity contribution in [2.24, 2.45) is 7.05 Å². The van der Waals surface area contributed by atoms with Crippen molar-refractivity contribution in [3.63, 3.8) is 0 Å². The molecule has 1 aliphatic rings. The molecule has 0 saturated carbocycles. The standard InChI is InChI=1S/C22H30N6O4S/c1-5-7-17-19-20(25-27(17)4)22(29)24-21(23-19)16-14-15(8-9-18(16)32-6-2)33(30,31)28-12-10-26(3)11-13-28/h8-9,14H,5-7,10-13H2,1-4H3,(H,23,24,29)/i3D3. The largest absolute Gasteiger partial charge is 0.493 e. The maximum absolute atomic E-state index is 13.4. The van der Waals surface area contributed by atoms with E-state index >= 15 is 0 Å². The molecule has 1 fully saturated rings. The maximum Gasteiger partial charge on any atom is 0.279 e. The number of fused-ring (bicyclic) bond motifs is 1. The molecule has 178 valence electrons. The average Bonchev–Trinajstić information content (AvgIpc) is 3.15. The molecular formula is C22H30N6O4S. The molecule has 0 aliphatic carbocycles. The van der Waals surface area contributed by atoms with E-state index in [0.29, 0.717) is 29.9 Å². The van der Waals surface area contributed by atoms with Crippen molar-refractivity contribution in [3.8, 4) is 17.1 Å². The normalized spacial score (nSPS) is 17.6. The monoisotopic (exact) mass is 477 g/mol. The van der Waals surface area contributed by atoms with Crippen molar-refractivity contribution in [1.82, 2.24) is 29.0 Å². The zero-order valence-electron chi connectivity index (χ0n) is 22.0. The summed E-state index contributed by atoms with van der Waals surface area (Å²) >= 11 is 0. The number of piperazine rings is 1. The van der Waals surface area contributed by atoms with Crippen LogP contribution in [0.4, 0.5) is 0 Å². The SMILES string of the molecule is [2H]C([2H])([2H])N1CCN(S(=O)(=O)c2ccc(OCC)c(-c3nc4c(CCC)n(C)nc4c(=O)[nH]3)c2)CC1. The van der Waals surface area contributed by atoms with Gasteiger partial charge in [-0.05, 0) is 38.5 Å². The lowest BCUT2D eigenvalue weighted by Crippen LogP contribution is -2.47. The molecule has 3 aromatic rings. The first-order valence-corrected chi connectivity index (χ1v) is 12.4. The van der Waals surface area contributed by atoms with E-state index < -0.39 is 22.6 Å². The number of nitrogens with zero attached hydrogens (tertiary/aromatic N) is 5. The molecule has 0 radical (unpaired) electrons. The van der Waals surface area contributed by atoms with E-state index in [9.17, 15) is 13.2 Å². The van der Waals surface area contributed by atoms with E-state index in [0.717, 1.165) is 12.1 Å². The van der Waals surface area contributed by atoms with Gasteiger partial charge in [-0.3, -0.25) is 9.48 Å². The van der Waals surface area contributed by atoms with Gasteiger partial charge in [0.25, 0.3) is 5.56 Å². The number of aromatic amines is 1. The van der Waals surface area contributed by atoms with E-state index in [-0.39, 0.29) is 42.4 Å². The van der Waals surface area contributed by atoms with Crippen molar-refractivity contribution in [3.05, 3.63) is 34.2 Å². The van der Waals surface area contributed by atoms with Crippen LogP contribution < -0.4 is 10.3 Å². The second kappa shape index (κ2) is 9.24. The van der Waals surface area contributed by atoms with Gasteiger partial charge in [0.05, 0.1) is 22.8 Å². The minimum Gasteiger partial charge on any atom is -0.493 e. The highest BCUT2D eigenvalue weighted by atomic mass is 32.2. The first kappa shape index (κ1) is 19.7. The maximum atomic E-state index is 13.4. The van der Waals surface area contributed by atoms with Crippen molar-refractivity contribution < 1.29 is 17.3 Å². The number of aryl methyl sites for hydroxylation is 2. The summed E-state index contributed by atoms with van der Waals surface area (Å²) in [4.78, 5) is 21.5. The molecule has 0 unspecified atom stereocenters. The molecular weight excluding hydrogens is 444 g/mol. The van der Waals surface area contributed by atoms with Crippen LogP contribution in [0.5, 0.6) is 5.75 Å². The summed E-state index contributed by atoms with van der Waals surface area (Å²) < 4.78 is 58.2. The fourth-order valence-corrected chi connectivity index (χ4v) is 5.43. The third-order valence-electron chi connectivity index (χ3n) is 5.68. The second-order valence-electron chi connectivity index (χ2n) is 7.91. The predicted octanol–water partition coefficient (Wildman–Crippen LogP) is 1.61. The number of hydrogen-bond donors (Lipinski definition) is 1. The van der Waals surface area contributed by atoms with Crippen LogP contribution >= 0.6 is 0 Å². The smallest absolute Gasteiger partial charge is 0.279 e. The van der Waals surface area contributed by atoms with E-state index in [1.807, 2.05) is 6.92 Å². The van der Waals surface area contributed by atoms with Crippen molar-refractivity contribution in [2.45, 2.75) is 31.6 Å². The average molecular weight is 478 g/mol. The molecule has 0 amide bonds. The third kappa shape index (κ3) is 4.40. The lowest BCUT2D eigenvalue weighted by atomic mass is 10.1. The van der Waals surface area contributed by atoms with Gasteiger partial charge in [-0.25, -0.2) is 13.4 Å². The van der Waals surface area contributed by atoms with Crippen molar-refractivity contribution >= 4 is 21.1 Å². The molecule has 10 nitrogen and oxygen atoms in total. The van der Waals surface area contributed by atoms with E-state index in [1.54, 1.807) is 24.7 Å². The van der Waals surface area contributed by atoms with Gasteiger partial charge in [0.2, 0.25) is 10.0 Å². The summed E-state index contributed by atoms with van der Waals surface area (Å²) in [5, 5.41) is 4.30. The molecule has 2 aromatic heterocycles. The summed E-state index contributed by atoms with van der Waals surface area (Å²) in [6.45, 7) is 2.21. The van der Waals surface area contributed by atoms with Gasteiger partial charge < -0.3 is 14.6 Å². The minimum atomic E-state index is -3.93. The summed E-state index contributed by atoms with van der Waals surface area (Å²) in [6.07, 6.45) is 1.52. The topological polar surface area (TPSA) is 113 Å². The lowest BCUT2D eigenvalue weighted by molar-refractivity contribution is 0.222. The molecule has 0 bridgehead atoms. The molecule has 1 N–H and O–H groups in total. The molecule has 1 saturated heterocycles. The quantitative estimate of drug-likeness (QED) is 0.550. The minimum absolute atomic E-state index is 0.00556. The number of likely N-dealkylation sites (N-methyl/N-ethyl adjacent to an activating group) is 1. The molecule has 11 heteroatoms. The highest BCUT2D eigenvalue weighted by Crippen LogP contribution is 2.32. The lowest BCUT2D eigenvalue weighted by Gasteiger charge is -2.31. The van der Waals surface area contributed by atoms with Gasteiger partial charge in [0.1, 0.15) is 17.1 Å². The van der Waals surface area contributed by atoms with E-state index in [1.165, 1.54) is 21.3 Å². The number of hydrogen-bond acceptors (Lipinski definition) is 7. The Kier molecular flexibility index (Phi) is 5.51. The Balaban J connectivity index is 1.77. The molecule has 4 rings (SSSR count). The summed E-state index contributed by atoms with van der Waals surface area (Å²) in [6, 6.07) is 4.43. The molecule has 1 aliphatic heterocycles. The van der Waals surface area contributed by atoms with Crippen LogP contribution in [0.15, 0.2) is 27.9 Å². The Hall–Kier alpha value is -2.76. The van der Waals surface area contributed by atoms with Crippen LogP contribution in [0, 0.1) is 0 Å². The predicted molar refractivity (Wildman–Crippen MR) is 126 cm³/mol. The van der Waals surface area contributed by atoms with Crippen LogP contribution in [0.1, 0.15) is 30.1 Å². The highest BCUT2D eigenvalue weighted by molar-refractivity contribution is 7.89. The third-order valence-corrected chi connectivity index (χ3v) is 7.57. The fraction of sp³-hybridized carbons (Fsp3) is 0.500. The second-order valence-corrected chi connectivity index (χ2v) is 9.85. The Bertz CT molecular complexity index is 1430. The van der Waals surface area contributed by atoms with Gasteiger partial charge in [-0.2, -0.15) is 9.40 Å². The van der Waals surface area contributed by atoms with Crippen LogP contribution in [-0.4, -0.2) is 77.1 Å². The van der Waals surface area contributed by atoms with Crippen molar-refractivity contribution in [2.75, 3.05) is 39.8 Å². The van der Waals surface area contributed by atoms with Crippen molar-refractivity contribution in [1.29, 1.82) is 0 Å². The number of nitrogens with one attached hydrogen (secondary N) is 1. The van der Waals surface area contributed by atoms with Crippen LogP contribution in [-0.2, 0) is 23.5 Å². The Morgan fingerprint density at radius 2 is 1.94 bits per heavy atom. The highest BCUT2D eigenvalue weighted by Gasteiger charge is 2.29. The van der Waals surface area contributed by atoms with Gasteiger partial charge in [-0.15, -0.1) is 0 Å². The van der Waals surface area contributed by atoms with Gasteiger partial charge in [0, 0.05) is 37.3 Å². The first-order chi connectivity index (χ1) is 17.0. The van der Waals surface area contributed by atoms with Gasteiger partial charge in [-0.1, -0.05) is 13.3 Å². The van der Waals surface area contributed by atoms with E-state index in [2.05, 4.69) is 15.1 Å². The number of rotatable bonds is 7. The summed E-state index contributed by atoms with van der Waals surface area (Å²) in [5.41, 5.74) is 1.41. The molecule has 3 heterocycles. The molecule has 33 heavy (non-hydrogen) atoms. The Morgan fingerprint density at radius 3 is 2.61 bits per heavy atom. The molecule has 0 atom stereocenters. The van der Waals surface area contributed by atoms with E-state index in [4.69, 9.17) is 8.85 Å². The van der Waals surface area contributed by atoms with Gasteiger partial charge >= 0.3 is 0 Å². The Morgan fingerprint density at radius 1 is 1.18 bits per heavy atom. The van der Waals surface area contributed by atoms with Crippen LogP contribution in [0.3, 0.4) is 0 Å². The molecule has 1 aromatic carbocycles. The zero-order chi connectivity index (χ0) is 26.3. The molecule has 0 spiro atoms. The number of sulfonamides is 1.